The Kier molecular flexibility index (Phi) is 4.67. The summed E-state index contributed by atoms with van der Waals surface area (Å²) in [5, 5.41) is 0. The summed E-state index contributed by atoms with van der Waals surface area (Å²) in [5.41, 5.74) is 0.672. The largest absolute Gasteiger partial charge is 0.490 e. The van der Waals surface area contributed by atoms with E-state index in [1.54, 1.807) is 6.08 Å². The fraction of sp³-hybridized carbons (Fsp3) is 0.588. The number of nitrogens with zero attached hydrogens (tertiary/aromatic N) is 1. The molecule has 0 spiro atoms. The van der Waals surface area contributed by atoms with Crippen LogP contribution in [0.3, 0.4) is 0 Å². The van der Waals surface area contributed by atoms with E-state index in [0.29, 0.717) is 6.10 Å². The summed E-state index contributed by atoms with van der Waals surface area (Å²) in [6.07, 6.45) is 8.35. The van der Waals surface area contributed by atoms with Crippen molar-refractivity contribution in [3.8, 4) is 5.75 Å². The third kappa shape index (κ3) is 3.17. The molecule has 1 heterocycles. The monoisotopic (exact) mass is 303 g/mol. The molecule has 3 nitrogen and oxygen atoms in total. The van der Waals surface area contributed by atoms with Gasteiger partial charge in [-0.15, -0.1) is 0 Å². The molecule has 1 aromatic carbocycles. The lowest BCUT2D eigenvalue weighted by Crippen LogP contribution is -2.25. The third-order valence-electron chi connectivity index (χ3n) is 4.54. The fourth-order valence-corrected chi connectivity index (χ4v) is 4.48. The van der Waals surface area contributed by atoms with E-state index in [2.05, 4.69) is 11.1 Å². The summed E-state index contributed by atoms with van der Waals surface area (Å²) < 4.78 is 6.27. The van der Waals surface area contributed by atoms with E-state index in [9.17, 15) is 4.79 Å². The van der Waals surface area contributed by atoms with Gasteiger partial charge in [-0.05, 0) is 43.3 Å². The highest BCUT2D eigenvalue weighted by Crippen LogP contribution is 2.46. The van der Waals surface area contributed by atoms with Crippen molar-refractivity contribution in [2.45, 2.75) is 50.2 Å². The van der Waals surface area contributed by atoms with Crippen molar-refractivity contribution in [1.29, 1.82) is 0 Å². The van der Waals surface area contributed by atoms with E-state index in [1.807, 2.05) is 30.0 Å². The standard InChI is InChI=1S/C17H21NO2S/c19-13-18-17(9-3-4-10-17)15-5-1-2-6-16(15)20-14-7-11-21-12-8-14/h1-2,5-6,14H,3-4,7-12H2. The number of rotatable bonds is 4. The number of ether oxygens (including phenoxy) is 1. The highest BCUT2D eigenvalue weighted by Gasteiger charge is 2.38. The fourth-order valence-electron chi connectivity index (χ4n) is 3.42. The minimum Gasteiger partial charge on any atom is -0.490 e. The van der Waals surface area contributed by atoms with Crippen LogP contribution in [0.2, 0.25) is 0 Å². The smallest absolute Gasteiger partial charge is 0.235 e. The summed E-state index contributed by atoms with van der Waals surface area (Å²) in [4.78, 5) is 15.1. The van der Waals surface area contributed by atoms with Crippen LogP contribution in [-0.2, 0) is 10.3 Å². The molecular weight excluding hydrogens is 282 g/mol. The van der Waals surface area contributed by atoms with E-state index in [1.165, 1.54) is 11.5 Å². The number of thioether (sulfide) groups is 1. The van der Waals surface area contributed by atoms with Crippen LogP contribution in [0.25, 0.3) is 0 Å². The topological polar surface area (TPSA) is 38.7 Å². The maximum atomic E-state index is 10.9. The first kappa shape index (κ1) is 14.7. The first-order valence-electron chi connectivity index (χ1n) is 7.77. The van der Waals surface area contributed by atoms with Gasteiger partial charge in [-0.1, -0.05) is 31.0 Å². The predicted octanol–water partition coefficient (Wildman–Crippen LogP) is 4.07. The number of isocyanates is 1. The maximum absolute atomic E-state index is 10.9. The Labute approximate surface area is 130 Å². The molecule has 1 aromatic rings. The molecule has 0 amide bonds. The van der Waals surface area contributed by atoms with Crippen molar-refractivity contribution in [2.75, 3.05) is 11.5 Å². The van der Waals surface area contributed by atoms with E-state index >= 15 is 0 Å². The number of carbonyl (C=O) groups excluding carboxylic acids is 1. The molecule has 0 bridgehead atoms. The van der Waals surface area contributed by atoms with Gasteiger partial charge in [0.25, 0.3) is 0 Å². The molecule has 0 atom stereocenters. The molecule has 21 heavy (non-hydrogen) atoms. The SMILES string of the molecule is O=C=NC1(c2ccccc2OC2CCSCC2)CCCC1. The summed E-state index contributed by atoms with van der Waals surface area (Å²) in [5.74, 6) is 3.25. The second-order valence-corrected chi connectivity index (χ2v) is 7.09. The molecule has 1 saturated heterocycles. The Bertz CT molecular complexity index is 527. The number of aliphatic imine (C=N–C) groups is 1. The maximum Gasteiger partial charge on any atom is 0.235 e. The van der Waals surface area contributed by atoms with Crippen LogP contribution in [0, 0.1) is 0 Å². The van der Waals surface area contributed by atoms with E-state index in [4.69, 9.17) is 4.74 Å². The van der Waals surface area contributed by atoms with Gasteiger partial charge in [0.15, 0.2) is 0 Å². The zero-order chi connectivity index (χ0) is 14.5. The summed E-state index contributed by atoms with van der Waals surface area (Å²) in [6, 6.07) is 8.11. The van der Waals surface area contributed by atoms with Gasteiger partial charge in [-0.3, -0.25) is 0 Å². The normalized spacial score (nSPS) is 21.7. The summed E-state index contributed by atoms with van der Waals surface area (Å²) in [6.45, 7) is 0. The van der Waals surface area contributed by atoms with Gasteiger partial charge in [0.2, 0.25) is 6.08 Å². The first-order chi connectivity index (χ1) is 10.3. The molecule has 4 heteroatoms. The number of hydrogen-bond acceptors (Lipinski definition) is 4. The van der Waals surface area contributed by atoms with Crippen LogP contribution in [0.4, 0.5) is 0 Å². The molecule has 2 aliphatic rings. The minimum absolute atomic E-state index is 0.297. The van der Waals surface area contributed by atoms with Crippen LogP contribution in [0.15, 0.2) is 29.3 Å². The molecule has 1 saturated carbocycles. The Morgan fingerprint density at radius 2 is 1.90 bits per heavy atom. The molecule has 3 rings (SSSR count). The summed E-state index contributed by atoms with van der Waals surface area (Å²) in [7, 11) is 0. The van der Waals surface area contributed by atoms with Crippen molar-refractivity contribution in [3.63, 3.8) is 0 Å². The second kappa shape index (κ2) is 6.67. The van der Waals surface area contributed by atoms with Crippen molar-refractivity contribution in [3.05, 3.63) is 29.8 Å². The third-order valence-corrected chi connectivity index (χ3v) is 5.59. The highest BCUT2D eigenvalue weighted by molar-refractivity contribution is 7.99. The average Bonchev–Trinajstić information content (AvgIpc) is 2.99. The first-order valence-corrected chi connectivity index (χ1v) is 8.92. The lowest BCUT2D eigenvalue weighted by molar-refractivity contribution is 0.187. The van der Waals surface area contributed by atoms with E-state index < -0.39 is 5.54 Å². The molecule has 0 unspecified atom stereocenters. The van der Waals surface area contributed by atoms with Crippen molar-refractivity contribution in [1.82, 2.24) is 0 Å². The summed E-state index contributed by atoms with van der Waals surface area (Å²) >= 11 is 2.00. The lowest BCUT2D eigenvalue weighted by Gasteiger charge is -2.29. The van der Waals surface area contributed by atoms with Gasteiger partial charge in [-0.2, -0.15) is 16.8 Å². The second-order valence-electron chi connectivity index (χ2n) is 5.87. The molecule has 0 aromatic heterocycles. The van der Waals surface area contributed by atoms with Gasteiger partial charge in [0, 0.05) is 5.56 Å². The van der Waals surface area contributed by atoms with Crippen LogP contribution in [0.1, 0.15) is 44.1 Å². The molecule has 112 valence electrons. The number of benzene rings is 1. The van der Waals surface area contributed by atoms with E-state index in [-0.39, 0.29) is 0 Å². The van der Waals surface area contributed by atoms with Crippen molar-refractivity contribution in [2.24, 2.45) is 4.99 Å². The van der Waals surface area contributed by atoms with E-state index in [0.717, 1.165) is 49.8 Å². The van der Waals surface area contributed by atoms with Gasteiger partial charge >= 0.3 is 0 Å². The van der Waals surface area contributed by atoms with Crippen LogP contribution in [0.5, 0.6) is 5.75 Å². The van der Waals surface area contributed by atoms with Crippen LogP contribution in [-0.4, -0.2) is 23.7 Å². The van der Waals surface area contributed by atoms with Crippen molar-refractivity contribution < 1.29 is 9.53 Å². The van der Waals surface area contributed by atoms with Crippen LogP contribution < -0.4 is 4.74 Å². The van der Waals surface area contributed by atoms with Gasteiger partial charge in [0.05, 0.1) is 0 Å². The van der Waals surface area contributed by atoms with Gasteiger partial charge in [0.1, 0.15) is 17.4 Å². The number of hydrogen-bond donors (Lipinski definition) is 0. The number of para-hydroxylation sites is 1. The molecule has 0 N–H and O–H groups in total. The molecule has 1 aliphatic heterocycles. The average molecular weight is 303 g/mol. The lowest BCUT2D eigenvalue weighted by atomic mass is 9.88. The predicted molar refractivity (Wildman–Crippen MR) is 85.7 cm³/mol. The Morgan fingerprint density at radius 1 is 1.19 bits per heavy atom. The quantitative estimate of drug-likeness (QED) is 0.622. The zero-order valence-electron chi connectivity index (χ0n) is 12.2. The van der Waals surface area contributed by atoms with Gasteiger partial charge < -0.3 is 4.74 Å². The molecule has 1 aliphatic carbocycles. The Hall–Kier alpha value is -1.25. The molecule has 0 radical (unpaired) electrons. The molecule has 2 fully saturated rings. The Balaban J connectivity index is 1.89. The Morgan fingerprint density at radius 3 is 2.62 bits per heavy atom. The zero-order valence-corrected chi connectivity index (χ0v) is 13.0. The van der Waals surface area contributed by atoms with Crippen LogP contribution >= 0.6 is 11.8 Å². The van der Waals surface area contributed by atoms with Gasteiger partial charge in [-0.25, -0.2) is 4.79 Å². The highest BCUT2D eigenvalue weighted by atomic mass is 32.2. The van der Waals surface area contributed by atoms with Crippen molar-refractivity contribution >= 4 is 17.8 Å². The minimum atomic E-state index is -0.401. The molecular formula is C17H21NO2S.